The quantitative estimate of drug-likeness (QED) is 0.640. The largest absolute Gasteiger partial charge is 0.471 e. The van der Waals surface area contributed by atoms with Crippen molar-refractivity contribution in [3.05, 3.63) is 28.5 Å². The van der Waals surface area contributed by atoms with E-state index in [-0.39, 0.29) is 16.3 Å². The Hall–Kier alpha value is -1.50. The molecule has 1 aromatic carbocycles. The van der Waals surface area contributed by atoms with Gasteiger partial charge in [0.05, 0.1) is 10.7 Å². The van der Waals surface area contributed by atoms with Crippen LogP contribution in [-0.4, -0.2) is 12.1 Å². The first-order valence-corrected chi connectivity index (χ1v) is 4.68. The van der Waals surface area contributed by atoms with Gasteiger partial charge in [0.1, 0.15) is 5.82 Å². The van der Waals surface area contributed by atoms with Gasteiger partial charge in [0.2, 0.25) is 0 Å². The zero-order valence-corrected chi connectivity index (χ0v) is 8.99. The molecule has 0 fully saturated rings. The molecular weight excluding hydrogens is 264 g/mol. The first-order chi connectivity index (χ1) is 7.71. The maximum Gasteiger partial charge on any atom is 0.471 e. The van der Waals surface area contributed by atoms with E-state index in [1.54, 1.807) is 0 Å². The van der Waals surface area contributed by atoms with Crippen LogP contribution in [0.4, 0.5) is 23.2 Å². The minimum Gasteiger partial charge on any atom is -0.398 e. The molecule has 0 aliphatic carbocycles. The number of amides is 1. The maximum absolute atomic E-state index is 13.2. The van der Waals surface area contributed by atoms with E-state index < -0.39 is 24.4 Å². The van der Waals surface area contributed by atoms with E-state index in [4.69, 9.17) is 17.3 Å². The summed E-state index contributed by atoms with van der Waals surface area (Å²) in [5.41, 5.74) is 5.19. The van der Waals surface area contributed by atoms with Crippen LogP contribution < -0.4 is 11.1 Å². The number of anilines is 1. The second kappa shape index (κ2) is 4.79. The minimum atomic E-state index is -5.01. The van der Waals surface area contributed by atoms with Gasteiger partial charge in [-0.2, -0.15) is 13.2 Å². The van der Waals surface area contributed by atoms with Crippen molar-refractivity contribution in [2.75, 3.05) is 5.73 Å². The molecule has 0 atom stereocenters. The highest BCUT2D eigenvalue weighted by Gasteiger charge is 2.38. The molecule has 0 saturated carbocycles. The lowest BCUT2D eigenvalue weighted by Crippen LogP contribution is -2.36. The molecule has 8 heteroatoms. The van der Waals surface area contributed by atoms with Gasteiger partial charge in [0.25, 0.3) is 0 Å². The summed E-state index contributed by atoms with van der Waals surface area (Å²) in [7, 11) is 0. The van der Waals surface area contributed by atoms with Crippen molar-refractivity contribution >= 4 is 23.2 Å². The van der Waals surface area contributed by atoms with Gasteiger partial charge in [0.15, 0.2) is 0 Å². The molecule has 1 aromatic rings. The topological polar surface area (TPSA) is 55.1 Å². The number of rotatable bonds is 2. The van der Waals surface area contributed by atoms with Crippen molar-refractivity contribution in [3.63, 3.8) is 0 Å². The third-order valence-electron chi connectivity index (χ3n) is 1.86. The van der Waals surface area contributed by atoms with Gasteiger partial charge in [-0.15, -0.1) is 0 Å². The van der Waals surface area contributed by atoms with E-state index in [0.29, 0.717) is 0 Å². The standard InChI is InChI=1S/C9H7ClF4N2O/c10-5-2-6(11)4(1-7(5)15)3-16-8(17)9(12,13)14/h1-2H,3,15H2,(H,16,17). The van der Waals surface area contributed by atoms with Crippen LogP contribution in [-0.2, 0) is 11.3 Å². The Morgan fingerprint density at radius 3 is 2.53 bits per heavy atom. The molecule has 0 heterocycles. The molecule has 0 aliphatic heterocycles. The van der Waals surface area contributed by atoms with Gasteiger partial charge in [-0.3, -0.25) is 4.79 Å². The summed E-state index contributed by atoms with van der Waals surface area (Å²) < 4.78 is 48.7. The fraction of sp³-hybridized carbons (Fsp3) is 0.222. The van der Waals surface area contributed by atoms with Crippen LogP contribution in [0.2, 0.25) is 5.02 Å². The third kappa shape index (κ3) is 3.48. The Morgan fingerprint density at radius 2 is 2.00 bits per heavy atom. The van der Waals surface area contributed by atoms with E-state index in [9.17, 15) is 22.4 Å². The highest BCUT2D eigenvalue weighted by atomic mass is 35.5. The molecule has 3 nitrogen and oxygen atoms in total. The third-order valence-corrected chi connectivity index (χ3v) is 2.19. The molecule has 0 radical (unpaired) electrons. The van der Waals surface area contributed by atoms with Gasteiger partial charge >= 0.3 is 12.1 Å². The predicted molar refractivity (Wildman–Crippen MR) is 53.7 cm³/mol. The summed E-state index contributed by atoms with van der Waals surface area (Å²) in [6.45, 7) is -0.619. The number of hydrogen-bond donors (Lipinski definition) is 2. The number of benzene rings is 1. The van der Waals surface area contributed by atoms with Crippen molar-refractivity contribution < 1.29 is 22.4 Å². The number of carbonyl (C=O) groups excluding carboxylic acids is 1. The van der Waals surface area contributed by atoms with E-state index in [2.05, 4.69) is 0 Å². The minimum absolute atomic E-state index is 0.0179. The van der Waals surface area contributed by atoms with Crippen LogP contribution in [0.1, 0.15) is 5.56 Å². The van der Waals surface area contributed by atoms with E-state index in [1.165, 1.54) is 5.32 Å². The van der Waals surface area contributed by atoms with Crippen molar-refractivity contribution in [1.29, 1.82) is 0 Å². The lowest BCUT2D eigenvalue weighted by Gasteiger charge is -2.09. The fourth-order valence-corrected chi connectivity index (χ4v) is 1.17. The number of nitrogens with one attached hydrogen (secondary N) is 1. The second-order valence-corrected chi connectivity index (χ2v) is 3.55. The summed E-state index contributed by atoms with van der Waals surface area (Å²) in [5, 5.41) is 1.48. The highest BCUT2D eigenvalue weighted by molar-refractivity contribution is 6.33. The lowest BCUT2D eigenvalue weighted by molar-refractivity contribution is -0.173. The van der Waals surface area contributed by atoms with Crippen LogP contribution in [0.25, 0.3) is 0 Å². The molecule has 17 heavy (non-hydrogen) atoms. The van der Waals surface area contributed by atoms with Crippen molar-refractivity contribution in [2.24, 2.45) is 0 Å². The van der Waals surface area contributed by atoms with Crippen LogP contribution in [0, 0.1) is 5.82 Å². The number of hydrogen-bond acceptors (Lipinski definition) is 2. The molecule has 0 aromatic heterocycles. The summed E-state index contributed by atoms with van der Waals surface area (Å²) in [4.78, 5) is 10.5. The van der Waals surface area contributed by atoms with Crippen LogP contribution in [0.15, 0.2) is 12.1 Å². The predicted octanol–water partition coefficient (Wildman–Crippen LogP) is 2.24. The van der Waals surface area contributed by atoms with Crippen LogP contribution in [0.5, 0.6) is 0 Å². The normalized spacial score (nSPS) is 11.4. The summed E-state index contributed by atoms with van der Waals surface area (Å²) in [6, 6.07) is 1.93. The van der Waals surface area contributed by atoms with Gasteiger partial charge in [-0.25, -0.2) is 4.39 Å². The molecule has 0 aliphatic rings. The smallest absolute Gasteiger partial charge is 0.398 e. The van der Waals surface area contributed by atoms with Gasteiger partial charge in [0, 0.05) is 12.1 Å². The SMILES string of the molecule is Nc1cc(CNC(=O)C(F)(F)F)c(F)cc1Cl. The number of alkyl halides is 3. The molecule has 0 spiro atoms. The zero-order chi connectivity index (χ0) is 13.2. The zero-order valence-electron chi connectivity index (χ0n) is 8.24. The number of nitrogens with two attached hydrogens (primary N) is 1. The van der Waals surface area contributed by atoms with Crippen molar-refractivity contribution in [2.45, 2.75) is 12.7 Å². The summed E-state index contributed by atoms with van der Waals surface area (Å²) in [5.74, 6) is -2.99. The molecule has 0 saturated heterocycles. The summed E-state index contributed by atoms with van der Waals surface area (Å²) >= 11 is 5.49. The van der Waals surface area contributed by atoms with Crippen LogP contribution in [0.3, 0.4) is 0 Å². The van der Waals surface area contributed by atoms with Crippen molar-refractivity contribution in [1.82, 2.24) is 5.32 Å². The molecule has 3 N–H and O–H groups in total. The number of carbonyl (C=O) groups is 1. The highest BCUT2D eigenvalue weighted by Crippen LogP contribution is 2.23. The molecule has 1 amide bonds. The van der Waals surface area contributed by atoms with Crippen molar-refractivity contribution in [3.8, 4) is 0 Å². The molecule has 94 valence electrons. The Balaban J connectivity index is 2.77. The molecule has 0 unspecified atom stereocenters. The van der Waals surface area contributed by atoms with Gasteiger partial charge in [-0.1, -0.05) is 11.6 Å². The van der Waals surface area contributed by atoms with E-state index in [1.807, 2.05) is 0 Å². The molecular formula is C9H7ClF4N2O. The Bertz CT molecular complexity index is 447. The van der Waals surface area contributed by atoms with E-state index >= 15 is 0 Å². The van der Waals surface area contributed by atoms with Gasteiger partial charge < -0.3 is 11.1 Å². The molecule has 0 bridgehead atoms. The van der Waals surface area contributed by atoms with E-state index in [0.717, 1.165) is 12.1 Å². The Morgan fingerprint density at radius 1 is 1.41 bits per heavy atom. The maximum atomic E-state index is 13.2. The fourth-order valence-electron chi connectivity index (χ4n) is 1.02. The second-order valence-electron chi connectivity index (χ2n) is 3.15. The summed E-state index contributed by atoms with van der Waals surface area (Å²) in [6.07, 6.45) is -5.01. The average Bonchev–Trinajstić information content (AvgIpc) is 2.19. The average molecular weight is 271 g/mol. The Kier molecular flexibility index (Phi) is 3.82. The number of nitrogen functional groups attached to an aromatic ring is 1. The monoisotopic (exact) mass is 270 g/mol. The first-order valence-electron chi connectivity index (χ1n) is 4.30. The number of halogens is 5. The van der Waals surface area contributed by atoms with Gasteiger partial charge in [-0.05, 0) is 12.1 Å². The Labute approximate surface area is 98.5 Å². The first kappa shape index (κ1) is 13.6. The molecule has 1 rings (SSSR count). The van der Waals surface area contributed by atoms with Crippen LogP contribution >= 0.6 is 11.6 Å². The lowest BCUT2D eigenvalue weighted by atomic mass is 10.2.